The van der Waals surface area contributed by atoms with E-state index < -0.39 is 5.97 Å². The topological polar surface area (TPSA) is 95.3 Å². The van der Waals surface area contributed by atoms with Crippen molar-refractivity contribution in [1.82, 2.24) is 15.0 Å². The number of carbonyl (C=O) groups excluding carboxylic acids is 2. The molecule has 0 aliphatic carbocycles. The standard InChI is InChI=1S/C14H16N4O4/c1-3-22-13(19)9-18-8-12(16-17-18)15-14(20)10-4-6-11(21-2)7-5-10/h4-8H,3,9H2,1-2H3,(H,15,20). The fraction of sp³-hybridized carbons (Fsp3) is 0.286. The fourth-order valence-electron chi connectivity index (χ4n) is 1.70. The number of hydrogen-bond donors (Lipinski definition) is 1. The van der Waals surface area contributed by atoms with Crippen LogP contribution in [0.25, 0.3) is 0 Å². The molecule has 0 spiro atoms. The number of carbonyl (C=O) groups is 2. The number of rotatable bonds is 6. The summed E-state index contributed by atoms with van der Waals surface area (Å²) in [5.41, 5.74) is 0.459. The van der Waals surface area contributed by atoms with E-state index in [1.807, 2.05) is 0 Å². The highest BCUT2D eigenvalue weighted by Crippen LogP contribution is 2.12. The van der Waals surface area contributed by atoms with Crippen molar-refractivity contribution >= 4 is 17.7 Å². The maximum atomic E-state index is 12.0. The third-order valence-electron chi connectivity index (χ3n) is 2.73. The summed E-state index contributed by atoms with van der Waals surface area (Å²) in [5, 5.41) is 10.1. The van der Waals surface area contributed by atoms with Gasteiger partial charge >= 0.3 is 5.97 Å². The van der Waals surface area contributed by atoms with Gasteiger partial charge < -0.3 is 14.8 Å². The van der Waals surface area contributed by atoms with Crippen molar-refractivity contribution in [3.05, 3.63) is 36.0 Å². The smallest absolute Gasteiger partial charge is 0.327 e. The summed E-state index contributed by atoms with van der Waals surface area (Å²) in [6.07, 6.45) is 1.46. The molecule has 1 aromatic heterocycles. The average molecular weight is 304 g/mol. The first-order valence-electron chi connectivity index (χ1n) is 6.63. The van der Waals surface area contributed by atoms with Gasteiger partial charge in [0.05, 0.1) is 19.9 Å². The molecule has 116 valence electrons. The molecule has 1 N–H and O–H groups in total. The summed E-state index contributed by atoms with van der Waals surface area (Å²) in [6.45, 7) is 1.97. The summed E-state index contributed by atoms with van der Waals surface area (Å²) >= 11 is 0. The monoisotopic (exact) mass is 304 g/mol. The minimum absolute atomic E-state index is 0.0563. The summed E-state index contributed by atoms with van der Waals surface area (Å²) in [4.78, 5) is 23.3. The lowest BCUT2D eigenvalue weighted by Gasteiger charge is -2.03. The van der Waals surface area contributed by atoms with E-state index in [1.54, 1.807) is 38.3 Å². The lowest BCUT2D eigenvalue weighted by molar-refractivity contribution is -0.144. The van der Waals surface area contributed by atoms with Gasteiger partial charge in [0.2, 0.25) is 0 Å². The Morgan fingerprint density at radius 2 is 2.00 bits per heavy atom. The molecule has 0 unspecified atom stereocenters. The van der Waals surface area contributed by atoms with Crippen LogP contribution in [0.3, 0.4) is 0 Å². The van der Waals surface area contributed by atoms with Gasteiger partial charge in [-0.3, -0.25) is 9.59 Å². The van der Waals surface area contributed by atoms with Gasteiger partial charge in [-0.1, -0.05) is 5.21 Å². The van der Waals surface area contributed by atoms with Crippen LogP contribution < -0.4 is 10.1 Å². The van der Waals surface area contributed by atoms with Crippen LogP contribution in [0.1, 0.15) is 17.3 Å². The quantitative estimate of drug-likeness (QED) is 0.803. The Labute approximate surface area is 127 Å². The molecule has 0 fully saturated rings. The van der Waals surface area contributed by atoms with Crippen molar-refractivity contribution in [3.63, 3.8) is 0 Å². The van der Waals surface area contributed by atoms with Crippen LogP contribution in [0.15, 0.2) is 30.5 Å². The van der Waals surface area contributed by atoms with Crippen LogP contribution in [0.2, 0.25) is 0 Å². The van der Waals surface area contributed by atoms with E-state index in [4.69, 9.17) is 9.47 Å². The lowest BCUT2D eigenvalue weighted by Crippen LogP contribution is -2.14. The number of amides is 1. The number of methoxy groups -OCH3 is 1. The van der Waals surface area contributed by atoms with Crippen molar-refractivity contribution < 1.29 is 19.1 Å². The maximum Gasteiger partial charge on any atom is 0.327 e. The van der Waals surface area contributed by atoms with Gasteiger partial charge in [-0.2, -0.15) is 0 Å². The van der Waals surface area contributed by atoms with Crippen molar-refractivity contribution in [3.8, 4) is 5.75 Å². The summed E-state index contributed by atoms with van der Waals surface area (Å²) < 4.78 is 11.1. The average Bonchev–Trinajstić information content (AvgIpc) is 2.94. The van der Waals surface area contributed by atoms with Gasteiger partial charge in [0.1, 0.15) is 12.3 Å². The Balaban J connectivity index is 1.96. The summed E-state index contributed by atoms with van der Waals surface area (Å²) in [5.74, 6) is 0.174. The normalized spacial score (nSPS) is 10.1. The molecular weight excluding hydrogens is 288 g/mol. The Morgan fingerprint density at radius 3 is 2.64 bits per heavy atom. The van der Waals surface area contributed by atoms with Crippen LogP contribution in [0.5, 0.6) is 5.75 Å². The van der Waals surface area contributed by atoms with Gasteiger partial charge in [-0.05, 0) is 31.2 Å². The van der Waals surface area contributed by atoms with Crippen LogP contribution in [0.4, 0.5) is 5.82 Å². The minimum Gasteiger partial charge on any atom is -0.497 e. The highest BCUT2D eigenvalue weighted by Gasteiger charge is 2.10. The van der Waals surface area contributed by atoms with E-state index in [-0.39, 0.29) is 18.3 Å². The molecule has 8 nitrogen and oxygen atoms in total. The van der Waals surface area contributed by atoms with Gasteiger partial charge in [0, 0.05) is 5.56 Å². The number of esters is 1. The van der Waals surface area contributed by atoms with Gasteiger partial charge in [0.25, 0.3) is 5.91 Å². The highest BCUT2D eigenvalue weighted by molar-refractivity contribution is 6.03. The van der Waals surface area contributed by atoms with Crippen LogP contribution >= 0.6 is 0 Å². The largest absolute Gasteiger partial charge is 0.497 e. The number of ether oxygens (including phenoxy) is 2. The molecule has 0 atom stereocenters. The van der Waals surface area contributed by atoms with Gasteiger partial charge in [-0.15, -0.1) is 5.10 Å². The van der Waals surface area contributed by atoms with E-state index in [2.05, 4.69) is 15.6 Å². The second-order valence-corrected chi connectivity index (χ2v) is 4.29. The minimum atomic E-state index is -0.416. The highest BCUT2D eigenvalue weighted by atomic mass is 16.5. The maximum absolute atomic E-state index is 12.0. The third kappa shape index (κ3) is 4.05. The molecular formula is C14H16N4O4. The van der Waals surface area contributed by atoms with E-state index >= 15 is 0 Å². The molecule has 0 bridgehead atoms. The fourth-order valence-corrected chi connectivity index (χ4v) is 1.70. The van der Waals surface area contributed by atoms with E-state index in [0.717, 1.165) is 0 Å². The summed E-state index contributed by atoms with van der Waals surface area (Å²) in [7, 11) is 1.55. The third-order valence-corrected chi connectivity index (χ3v) is 2.73. The zero-order valence-corrected chi connectivity index (χ0v) is 12.3. The molecule has 2 rings (SSSR count). The Kier molecular flexibility index (Phi) is 5.07. The second kappa shape index (κ2) is 7.21. The predicted octanol–water partition coefficient (Wildman–Crippen LogP) is 1.10. The van der Waals surface area contributed by atoms with Crippen molar-refractivity contribution in [2.75, 3.05) is 19.0 Å². The number of nitrogens with one attached hydrogen (secondary N) is 1. The van der Waals surface area contributed by atoms with E-state index in [1.165, 1.54) is 10.9 Å². The molecule has 22 heavy (non-hydrogen) atoms. The van der Waals surface area contributed by atoms with Crippen molar-refractivity contribution in [1.29, 1.82) is 0 Å². The van der Waals surface area contributed by atoms with Crippen molar-refractivity contribution in [2.24, 2.45) is 0 Å². The first-order chi connectivity index (χ1) is 10.6. The number of anilines is 1. The summed E-state index contributed by atoms with van der Waals surface area (Å²) in [6, 6.07) is 6.65. The molecule has 2 aromatic rings. The second-order valence-electron chi connectivity index (χ2n) is 4.29. The molecule has 1 amide bonds. The molecule has 0 aliphatic rings. The van der Waals surface area contributed by atoms with E-state index in [9.17, 15) is 9.59 Å². The van der Waals surface area contributed by atoms with Gasteiger partial charge in [0.15, 0.2) is 5.82 Å². The SMILES string of the molecule is CCOC(=O)Cn1cc(NC(=O)c2ccc(OC)cc2)nn1. The molecule has 0 aliphatic heterocycles. The van der Waals surface area contributed by atoms with E-state index in [0.29, 0.717) is 17.9 Å². The molecule has 0 saturated carbocycles. The molecule has 0 saturated heterocycles. The predicted molar refractivity (Wildman–Crippen MR) is 77.6 cm³/mol. The lowest BCUT2D eigenvalue weighted by atomic mass is 10.2. The molecule has 0 radical (unpaired) electrons. The molecule has 1 aromatic carbocycles. The first-order valence-corrected chi connectivity index (χ1v) is 6.63. The Hall–Kier alpha value is -2.90. The zero-order chi connectivity index (χ0) is 15.9. The number of hydrogen-bond acceptors (Lipinski definition) is 6. The Morgan fingerprint density at radius 1 is 1.27 bits per heavy atom. The van der Waals surface area contributed by atoms with Gasteiger partial charge in [-0.25, -0.2) is 4.68 Å². The van der Waals surface area contributed by atoms with Crippen LogP contribution in [-0.4, -0.2) is 40.6 Å². The molecule has 1 heterocycles. The van der Waals surface area contributed by atoms with Crippen LogP contribution in [-0.2, 0) is 16.1 Å². The number of nitrogens with zero attached hydrogens (tertiary/aromatic N) is 3. The van der Waals surface area contributed by atoms with Crippen LogP contribution in [0, 0.1) is 0 Å². The van der Waals surface area contributed by atoms with Crippen molar-refractivity contribution in [2.45, 2.75) is 13.5 Å². The number of aromatic nitrogens is 3. The zero-order valence-electron chi connectivity index (χ0n) is 12.3. The molecule has 8 heteroatoms. The number of benzene rings is 1. The Bertz CT molecular complexity index is 651. The first kappa shape index (κ1) is 15.5.